The predicted octanol–water partition coefficient (Wildman–Crippen LogP) is 4.28. The summed E-state index contributed by atoms with van der Waals surface area (Å²) in [6.45, 7) is 5.81. The van der Waals surface area contributed by atoms with Crippen molar-refractivity contribution in [2.75, 3.05) is 11.5 Å². The minimum atomic E-state index is 0.502. The number of rotatable bonds is 6. The second-order valence-corrected chi connectivity index (χ2v) is 8.36. The van der Waals surface area contributed by atoms with Crippen molar-refractivity contribution in [3.63, 3.8) is 0 Å². The van der Waals surface area contributed by atoms with Crippen LogP contribution in [0.15, 0.2) is 18.7 Å². The van der Waals surface area contributed by atoms with Crippen LogP contribution < -0.4 is 0 Å². The molecule has 0 radical (unpaired) electrons. The molecule has 0 aromatic carbocycles. The summed E-state index contributed by atoms with van der Waals surface area (Å²) < 4.78 is 2.70. The van der Waals surface area contributed by atoms with Crippen LogP contribution in [0.5, 0.6) is 0 Å². The Morgan fingerprint density at radius 3 is 2.72 bits per heavy atom. The van der Waals surface area contributed by atoms with Crippen LogP contribution in [0.1, 0.15) is 39.5 Å². The van der Waals surface area contributed by atoms with Crippen LogP contribution >= 0.6 is 23.5 Å². The molecule has 0 N–H and O–H groups in total. The van der Waals surface area contributed by atoms with Crippen molar-refractivity contribution in [3.8, 4) is 0 Å². The largest absolute Gasteiger partial charge is 0.337 e. The summed E-state index contributed by atoms with van der Waals surface area (Å²) in [6, 6.07) is 0. The van der Waals surface area contributed by atoms with Crippen LogP contribution in [0.4, 0.5) is 0 Å². The number of hydrogen-bond acceptors (Lipinski definition) is 3. The molecular weight excluding hydrogens is 260 g/mol. The summed E-state index contributed by atoms with van der Waals surface area (Å²) >= 11 is 4.44. The van der Waals surface area contributed by atoms with Gasteiger partial charge in [-0.15, -0.1) is 23.5 Å². The maximum Gasteiger partial charge on any atom is 0.0945 e. The van der Waals surface area contributed by atoms with Gasteiger partial charge in [-0.1, -0.05) is 20.3 Å². The van der Waals surface area contributed by atoms with Gasteiger partial charge in [0.15, 0.2) is 0 Å². The number of thioether (sulfide) groups is 2. The van der Waals surface area contributed by atoms with E-state index in [1.54, 1.807) is 0 Å². The Bertz CT molecular complexity index is 330. The average molecular weight is 284 g/mol. The highest BCUT2D eigenvalue weighted by atomic mass is 32.2. The lowest BCUT2D eigenvalue weighted by atomic mass is 10.1. The molecule has 18 heavy (non-hydrogen) atoms. The van der Waals surface area contributed by atoms with E-state index in [-0.39, 0.29) is 0 Å². The van der Waals surface area contributed by atoms with Gasteiger partial charge in [0.05, 0.1) is 10.4 Å². The van der Waals surface area contributed by atoms with E-state index in [2.05, 4.69) is 53.1 Å². The quantitative estimate of drug-likeness (QED) is 0.776. The Morgan fingerprint density at radius 2 is 2.11 bits per heavy atom. The van der Waals surface area contributed by atoms with Crippen LogP contribution in [0.25, 0.3) is 0 Å². The zero-order valence-corrected chi connectivity index (χ0v) is 13.1. The van der Waals surface area contributed by atoms with E-state index in [1.807, 2.05) is 12.5 Å². The monoisotopic (exact) mass is 284 g/mol. The summed E-state index contributed by atoms with van der Waals surface area (Å²) in [7, 11) is 0. The Hall–Kier alpha value is -0.0900. The van der Waals surface area contributed by atoms with E-state index < -0.39 is 0 Å². The second kappa shape index (κ2) is 6.90. The summed E-state index contributed by atoms with van der Waals surface area (Å²) in [5.74, 6) is 3.58. The van der Waals surface area contributed by atoms with Gasteiger partial charge >= 0.3 is 0 Å². The van der Waals surface area contributed by atoms with Crippen molar-refractivity contribution in [1.29, 1.82) is 0 Å². The molecule has 0 aliphatic carbocycles. The zero-order valence-electron chi connectivity index (χ0n) is 11.5. The predicted molar refractivity (Wildman–Crippen MR) is 83.2 cm³/mol. The fourth-order valence-corrected chi connectivity index (χ4v) is 6.00. The topological polar surface area (TPSA) is 17.8 Å². The third-order valence-electron chi connectivity index (χ3n) is 3.43. The van der Waals surface area contributed by atoms with Crippen molar-refractivity contribution in [2.45, 2.75) is 50.2 Å². The van der Waals surface area contributed by atoms with Gasteiger partial charge in [-0.25, -0.2) is 4.98 Å². The molecule has 102 valence electrons. The third kappa shape index (κ3) is 3.95. The van der Waals surface area contributed by atoms with E-state index in [1.165, 1.54) is 37.2 Å². The highest BCUT2D eigenvalue weighted by Crippen LogP contribution is 2.49. The molecule has 1 saturated heterocycles. The maximum atomic E-state index is 4.10. The van der Waals surface area contributed by atoms with E-state index in [9.17, 15) is 0 Å². The number of nitrogens with zero attached hydrogens (tertiary/aromatic N) is 2. The van der Waals surface area contributed by atoms with Gasteiger partial charge in [-0.05, 0) is 36.7 Å². The molecule has 0 unspecified atom stereocenters. The van der Waals surface area contributed by atoms with Crippen molar-refractivity contribution in [1.82, 2.24) is 9.55 Å². The lowest BCUT2D eigenvalue weighted by Crippen LogP contribution is -2.28. The van der Waals surface area contributed by atoms with Crippen LogP contribution in [0.2, 0.25) is 0 Å². The fraction of sp³-hybridized carbons (Fsp3) is 0.786. The molecule has 0 spiro atoms. The highest BCUT2D eigenvalue weighted by Gasteiger charge is 2.34. The summed E-state index contributed by atoms with van der Waals surface area (Å²) in [4.78, 5) is 4.10. The van der Waals surface area contributed by atoms with Crippen molar-refractivity contribution >= 4 is 23.5 Å². The Kier molecular flexibility index (Phi) is 5.49. The molecule has 1 fully saturated rings. The van der Waals surface area contributed by atoms with Crippen LogP contribution in [0, 0.1) is 5.92 Å². The number of imidazole rings is 1. The van der Waals surface area contributed by atoms with Crippen LogP contribution in [-0.2, 0) is 6.54 Å². The summed E-state index contributed by atoms with van der Waals surface area (Å²) in [5, 5.41) is 0. The number of hydrogen-bond donors (Lipinski definition) is 0. The van der Waals surface area contributed by atoms with Gasteiger partial charge in [0.1, 0.15) is 0 Å². The molecule has 2 nitrogen and oxygen atoms in total. The van der Waals surface area contributed by atoms with E-state index in [0.717, 1.165) is 12.5 Å². The first-order chi connectivity index (χ1) is 8.74. The number of aryl methyl sites for hydroxylation is 1. The van der Waals surface area contributed by atoms with Gasteiger partial charge in [0, 0.05) is 18.9 Å². The van der Waals surface area contributed by atoms with Gasteiger partial charge < -0.3 is 4.57 Å². The summed E-state index contributed by atoms with van der Waals surface area (Å²) in [5.41, 5.74) is 0. The average Bonchev–Trinajstić information content (AvgIpc) is 2.87. The molecule has 0 bridgehead atoms. The minimum absolute atomic E-state index is 0.502. The Morgan fingerprint density at radius 1 is 1.33 bits per heavy atom. The summed E-state index contributed by atoms with van der Waals surface area (Å²) in [6.07, 6.45) is 11.1. The first kappa shape index (κ1) is 14.3. The normalized spacial score (nSPS) is 28.4. The second-order valence-electron chi connectivity index (χ2n) is 5.29. The SMILES string of the molecule is CCCC1(CCCn2ccnc2)SCC(C)CS1. The smallest absolute Gasteiger partial charge is 0.0945 e. The molecule has 0 amide bonds. The molecule has 2 rings (SSSR count). The molecule has 1 aliphatic rings. The minimum Gasteiger partial charge on any atom is -0.337 e. The van der Waals surface area contributed by atoms with Crippen molar-refractivity contribution in [3.05, 3.63) is 18.7 Å². The molecule has 4 heteroatoms. The lowest BCUT2D eigenvalue weighted by molar-refractivity contribution is 0.550. The lowest BCUT2D eigenvalue weighted by Gasteiger charge is -2.38. The van der Waals surface area contributed by atoms with E-state index in [0.29, 0.717) is 4.08 Å². The standard InChI is InChI=1S/C14H24N2S2/c1-3-5-14(17-10-13(2)11-18-14)6-4-8-16-9-7-15-12-16/h7,9,12-13H,3-6,8,10-11H2,1-2H3. The molecule has 1 aliphatic heterocycles. The van der Waals surface area contributed by atoms with Crippen molar-refractivity contribution < 1.29 is 0 Å². The molecule has 1 aromatic rings. The molecule has 0 saturated carbocycles. The highest BCUT2D eigenvalue weighted by molar-refractivity contribution is 8.18. The van der Waals surface area contributed by atoms with Crippen molar-refractivity contribution in [2.24, 2.45) is 5.92 Å². The van der Waals surface area contributed by atoms with Crippen LogP contribution in [-0.4, -0.2) is 25.1 Å². The van der Waals surface area contributed by atoms with Gasteiger partial charge in [0.2, 0.25) is 0 Å². The van der Waals surface area contributed by atoms with Crippen LogP contribution in [0.3, 0.4) is 0 Å². The van der Waals surface area contributed by atoms with Gasteiger partial charge in [0.25, 0.3) is 0 Å². The van der Waals surface area contributed by atoms with Gasteiger partial charge in [-0.2, -0.15) is 0 Å². The Balaban J connectivity index is 1.82. The molecule has 1 aromatic heterocycles. The first-order valence-electron chi connectivity index (χ1n) is 6.98. The maximum absolute atomic E-state index is 4.10. The zero-order chi connectivity index (χ0) is 12.8. The van der Waals surface area contributed by atoms with Gasteiger partial charge in [-0.3, -0.25) is 0 Å². The molecular formula is C14H24N2S2. The molecule has 0 atom stereocenters. The van der Waals surface area contributed by atoms with E-state index >= 15 is 0 Å². The third-order valence-corrected chi connectivity index (χ3v) is 7.47. The Labute approximate surface area is 119 Å². The van der Waals surface area contributed by atoms with E-state index in [4.69, 9.17) is 0 Å². The number of aromatic nitrogens is 2. The fourth-order valence-electron chi connectivity index (χ4n) is 2.42. The molecule has 2 heterocycles. The first-order valence-corrected chi connectivity index (χ1v) is 8.95.